The first-order valence-electron chi connectivity index (χ1n) is 30.1. The molecule has 0 aliphatic carbocycles. The fourth-order valence-electron chi connectivity index (χ4n) is 14.2. The summed E-state index contributed by atoms with van der Waals surface area (Å²) in [6.07, 6.45) is 0. The van der Waals surface area contributed by atoms with Gasteiger partial charge in [-0.15, -0.1) is 0 Å². The van der Waals surface area contributed by atoms with E-state index in [2.05, 4.69) is 332 Å². The summed E-state index contributed by atoms with van der Waals surface area (Å²) in [7, 11) is 0. The van der Waals surface area contributed by atoms with Crippen molar-refractivity contribution in [2.24, 2.45) is 0 Å². The molecule has 3 heteroatoms. The highest BCUT2D eigenvalue weighted by Gasteiger charge is 2.43. The number of hydrogen-bond donors (Lipinski definition) is 0. The minimum absolute atomic E-state index is 0.259. The van der Waals surface area contributed by atoms with Gasteiger partial charge >= 0.3 is 0 Å². The van der Waals surface area contributed by atoms with Crippen LogP contribution in [-0.2, 0) is 0 Å². The summed E-state index contributed by atoms with van der Waals surface area (Å²) in [6, 6.07) is 120. The van der Waals surface area contributed by atoms with Crippen LogP contribution in [0.3, 0.4) is 0 Å². The summed E-state index contributed by atoms with van der Waals surface area (Å²) in [6.45, 7) is -0.259. The Kier molecular flexibility index (Phi) is 12.0. The highest BCUT2D eigenvalue weighted by atomic mass is 16.5. The number of nitrogens with zero attached hydrogens (tertiary/aromatic N) is 1. The van der Waals surface area contributed by atoms with Crippen molar-refractivity contribution in [3.63, 3.8) is 0 Å². The fraction of sp³-hybridized carbons (Fsp3) is 0. The predicted octanol–water partition coefficient (Wildman–Crippen LogP) is 20.4. The third-order valence-corrected chi connectivity index (χ3v) is 18.1. The van der Waals surface area contributed by atoms with E-state index >= 15 is 0 Å². The van der Waals surface area contributed by atoms with Gasteiger partial charge in [0.2, 0.25) is 0 Å². The number of benzene rings is 14. The van der Waals surface area contributed by atoms with Crippen LogP contribution < -0.4 is 21.1 Å². The van der Waals surface area contributed by atoms with Gasteiger partial charge in [0.1, 0.15) is 11.5 Å². The first kappa shape index (κ1) is 50.3. The molecule has 0 radical (unpaired) electrons. The molecule has 15 aromatic rings. The number of hydrogen-bond acceptors (Lipinski definition) is 1. The van der Waals surface area contributed by atoms with Crippen molar-refractivity contribution in [2.75, 3.05) is 0 Å². The summed E-state index contributed by atoms with van der Waals surface area (Å²) >= 11 is 0. The van der Waals surface area contributed by atoms with Crippen LogP contribution in [0.1, 0.15) is 0 Å². The van der Waals surface area contributed by atoms with Gasteiger partial charge in [-0.1, -0.05) is 291 Å². The molecule has 3 heterocycles. The molecule has 404 valence electrons. The molecule has 0 spiro atoms. The van der Waals surface area contributed by atoms with E-state index in [0.717, 1.165) is 89.3 Å². The van der Waals surface area contributed by atoms with Gasteiger partial charge in [0, 0.05) is 27.5 Å². The van der Waals surface area contributed by atoms with E-state index in [9.17, 15) is 0 Å². The molecule has 0 bridgehead atoms. The molecule has 0 N–H and O–H groups in total. The normalized spacial score (nSPS) is 12.0. The maximum Gasteiger partial charge on any atom is 0.256 e. The van der Waals surface area contributed by atoms with E-state index in [1.54, 1.807) is 0 Å². The van der Waals surface area contributed by atoms with E-state index in [-0.39, 0.29) is 6.71 Å². The van der Waals surface area contributed by atoms with E-state index < -0.39 is 0 Å². The third kappa shape index (κ3) is 8.42. The van der Waals surface area contributed by atoms with Crippen LogP contribution in [-0.4, -0.2) is 11.3 Å². The van der Waals surface area contributed by atoms with Gasteiger partial charge in [0.05, 0.1) is 5.52 Å². The van der Waals surface area contributed by atoms with Crippen LogP contribution in [0.4, 0.5) is 0 Å². The second-order valence-corrected chi connectivity index (χ2v) is 23.0. The SMILES string of the molecule is c1ccc(-c2ccccc2-c2cc3c(c(-c4ccccc4-c4ccccc4)c2)Oc2cc(-c4ccccc4-c4ccccc4)cc4c2B3c2cc(-c3ccccc3-c3ccccc3)cc3c5cc(-c6ccccc6-c6ccccc6)ccc5n-4c23)cc1. The lowest BCUT2D eigenvalue weighted by molar-refractivity contribution is 0.489. The zero-order valence-corrected chi connectivity index (χ0v) is 47.6. The number of ether oxygens (including phenoxy) is 1. The molecular formula is C84H54BNO. The minimum Gasteiger partial charge on any atom is -0.458 e. The lowest BCUT2D eigenvalue weighted by atomic mass is 9.34. The quantitative estimate of drug-likeness (QED) is 0.125. The van der Waals surface area contributed by atoms with Gasteiger partial charge in [-0.05, 0) is 158 Å². The van der Waals surface area contributed by atoms with Crippen LogP contribution in [0.5, 0.6) is 11.5 Å². The zero-order valence-electron chi connectivity index (χ0n) is 47.6. The van der Waals surface area contributed by atoms with Gasteiger partial charge in [-0.2, -0.15) is 0 Å². The first-order chi connectivity index (χ1) is 43.2. The Morgan fingerprint density at radius 3 is 1.03 bits per heavy atom. The summed E-state index contributed by atoms with van der Waals surface area (Å²) in [5.74, 6) is 1.71. The van der Waals surface area contributed by atoms with Crippen molar-refractivity contribution in [2.45, 2.75) is 0 Å². The highest BCUT2D eigenvalue weighted by molar-refractivity contribution is 6.99. The van der Waals surface area contributed by atoms with Crippen LogP contribution in [0.2, 0.25) is 0 Å². The molecule has 0 unspecified atom stereocenters. The highest BCUT2D eigenvalue weighted by Crippen LogP contribution is 2.49. The molecular weight excluding hydrogens is 1050 g/mol. The summed E-state index contributed by atoms with van der Waals surface area (Å²) in [4.78, 5) is 0. The Hall–Kier alpha value is -11.3. The van der Waals surface area contributed by atoms with Crippen LogP contribution in [0.15, 0.2) is 328 Å². The van der Waals surface area contributed by atoms with E-state index in [1.165, 1.54) is 77.4 Å². The van der Waals surface area contributed by atoms with Gasteiger partial charge in [0.15, 0.2) is 0 Å². The van der Waals surface area contributed by atoms with Crippen molar-refractivity contribution in [3.05, 3.63) is 328 Å². The first-order valence-corrected chi connectivity index (χ1v) is 30.1. The lowest BCUT2D eigenvalue weighted by Crippen LogP contribution is -2.58. The summed E-state index contributed by atoms with van der Waals surface area (Å²) < 4.78 is 10.5. The predicted molar refractivity (Wildman–Crippen MR) is 366 cm³/mol. The van der Waals surface area contributed by atoms with Crippen molar-refractivity contribution in [3.8, 4) is 128 Å². The molecule has 17 rings (SSSR count). The Balaban J connectivity index is 1.02. The average Bonchev–Trinajstić information content (AvgIpc) is 1.66. The molecule has 0 atom stereocenters. The molecule has 0 saturated heterocycles. The van der Waals surface area contributed by atoms with Crippen molar-refractivity contribution >= 4 is 44.9 Å². The molecule has 87 heavy (non-hydrogen) atoms. The largest absolute Gasteiger partial charge is 0.458 e. The topological polar surface area (TPSA) is 14.2 Å². The Labute approximate surface area is 507 Å². The molecule has 2 nitrogen and oxygen atoms in total. The summed E-state index contributed by atoms with van der Waals surface area (Å²) in [5, 5.41) is 2.40. The molecule has 2 aliphatic rings. The van der Waals surface area contributed by atoms with Crippen molar-refractivity contribution < 1.29 is 4.74 Å². The van der Waals surface area contributed by atoms with Crippen LogP contribution in [0, 0.1) is 0 Å². The number of rotatable bonds is 10. The molecule has 14 aromatic carbocycles. The summed E-state index contributed by atoms with van der Waals surface area (Å²) in [5.41, 5.74) is 30.1. The second kappa shape index (κ2) is 20.8. The van der Waals surface area contributed by atoms with Gasteiger partial charge < -0.3 is 9.30 Å². The molecule has 0 amide bonds. The Bertz CT molecular complexity index is 5170. The third-order valence-electron chi connectivity index (χ3n) is 18.1. The zero-order chi connectivity index (χ0) is 57.4. The fourth-order valence-corrected chi connectivity index (χ4v) is 14.2. The van der Waals surface area contributed by atoms with Crippen molar-refractivity contribution in [1.29, 1.82) is 0 Å². The lowest BCUT2D eigenvalue weighted by Gasteiger charge is -2.35. The van der Waals surface area contributed by atoms with E-state index in [1.807, 2.05) is 0 Å². The van der Waals surface area contributed by atoms with Gasteiger partial charge in [0.25, 0.3) is 6.71 Å². The van der Waals surface area contributed by atoms with Crippen LogP contribution in [0.25, 0.3) is 139 Å². The van der Waals surface area contributed by atoms with E-state index in [4.69, 9.17) is 4.74 Å². The smallest absolute Gasteiger partial charge is 0.256 e. The minimum atomic E-state index is -0.259. The molecule has 1 aromatic heterocycles. The van der Waals surface area contributed by atoms with Crippen LogP contribution >= 0.6 is 0 Å². The Morgan fingerprint density at radius 2 is 0.586 bits per heavy atom. The Morgan fingerprint density at radius 1 is 0.241 bits per heavy atom. The monoisotopic (exact) mass is 1100 g/mol. The standard InChI is InChI=1S/C84H54BNO/c1-6-26-55(27-7-1)64-36-16-20-41-69(64)60-46-47-79-74(48-60)75-49-61(70-42-21-17-37-65(70)56-28-8-2-9-29-56)51-77-83(75)86(79)80-53-63(72-44-23-19-39-67(72)58-32-12-4-13-33-58)54-81-82(80)85(77)78-52-62(71-43-22-18-38-66(71)57-30-10-3-11-31-57)50-76(84(78)87-81)73-45-25-24-40-68(73)59-34-14-5-15-35-59/h1-54H. The van der Waals surface area contributed by atoms with Gasteiger partial charge in [-0.25, -0.2) is 0 Å². The average molecular weight is 1100 g/mol. The second-order valence-electron chi connectivity index (χ2n) is 23.0. The van der Waals surface area contributed by atoms with Gasteiger partial charge in [-0.3, -0.25) is 0 Å². The molecule has 0 saturated carbocycles. The maximum absolute atomic E-state index is 7.92. The molecule has 0 fully saturated rings. The number of aromatic nitrogens is 1. The van der Waals surface area contributed by atoms with Crippen molar-refractivity contribution in [1.82, 2.24) is 4.57 Å². The van der Waals surface area contributed by atoms with E-state index in [0.29, 0.717) is 0 Å². The molecule has 2 aliphatic heterocycles. The number of fused-ring (bicyclic) bond motifs is 7. The maximum atomic E-state index is 7.92.